The summed E-state index contributed by atoms with van der Waals surface area (Å²) in [4.78, 5) is 4.37. The van der Waals surface area contributed by atoms with Crippen molar-refractivity contribution in [3.8, 4) is 11.5 Å². The first-order valence-electron chi connectivity index (χ1n) is 6.50. The molecule has 2 unspecified atom stereocenters. The summed E-state index contributed by atoms with van der Waals surface area (Å²) in [6.45, 7) is 0. The van der Waals surface area contributed by atoms with E-state index in [2.05, 4.69) is 4.98 Å². The molecule has 0 spiro atoms. The van der Waals surface area contributed by atoms with Gasteiger partial charge in [-0.15, -0.1) is 0 Å². The third-order valence-corrected chi connectivity index (χ3v) is 3.69. The van der Waals surface area contributed by atoms with Crippen LogP contribution in [0.5, 0.6) is 11.5 Å². The number of hydrogen-bond donors (Lipinski definition) is 1. The number of ether oxygens (including phenoxy) is 2. The number of hydrogen-bond acceptors (Lipinski definition) is 4. The van der Waals surface area contributed by atoms with E-state index in [4.69, 9.17) is 9.47 Å². The first-order chi connectivity index (χ1) is 8.76. The monoisotopic (exact) mass is 251 g/mol. The van der Waals surface area contributed by atoms with Gasteiger partial charge in [-0.2, -0.15) is 0 Å². The van der Waals surface area contributed by atoms with Gasteiger partial charge in [0.1, 0.15) is 0 Å². The molecule has 2 rings (SSSR count). The van der Waals surface area contributed by atoms with Gasteiger partial charge in [-0.1, -0.05) is 12.8 Å². The first-order valence-corrected chi connectivity index (χ1v) is 6.50. The van der Waals surface area contributed by atoms with Crippen LogP contribution in [0.15, 0.2) is 12.3 Å². The maximum Gasteiger partial charge on any atom is 0.182 e. The number of aliphatic hydroxyl groups excluding tert-OH is 1. The molecule has 4 nitrogen and oxygen atoms in total. The molecule has 1 fully saturated rings. The molecule has 2 atom stereocenters. The molecular weight excluding hydrogens is 230 g/mol. The van der Waals surface area contributed by atoms with Crippen LogP contribution in [0.4, 0.5) is 0 Å². The van der Waals surface area contributed by atoms with Crippen molar-refractivity contribution in [2.75, 3.05) is 14.2 Å². The van der Waals surface area contributed by atoms with Gasteiger partial charge in [0.2, 0.25) is 0 Å². The van der Waals surface area contributed by atoms with Gasteiger partial charge in [-0.25, -0.2) is 0 Å². The van der Waals surface area contributed by atoms with Gasteiger partial charge in [-0.3, -0.25) is 4.98 Å². The molecule has 0 amide bonds. The molecule has 1 aliphatic carbocycles. The van der Waals surface area contributed by atoms with Crippen LogP contribution >= 0.6 is 0 Å². The number of pyridine rings is 1. The molecule has 1 N–H and O–H groups in total. The molecule has 1 saturated carbocycles. The van der Waals surface area contributed by atoms with Gasteiger partial charge in [0.15, 0.2) is 11.5 Å². The van der Waals surface area contributed by atoms with Crippen LogP contribution in [0, 0.1) is 5.92 Å². The van der Waals surface area contributed by atoms with Gasteiger partial charge in [0.05, 0.1) is 26.0 Å². The van der Waals surface area contributed by atoms with E-state index in [0.717, 1.165) is 31.4 Å². The van der Waals surface area contributed by atoms with Crippen molar-refractivity contribution in [1.82, 2.24) is 4.98 Å². The lowest BCUT2D eigenvalue weighted by Gasteiger charge is -2.27. The van der Waals surface area contributed by atoms with Crippen LogP contribution in [-0.2, 0) is 6.42 Å². The summed E-state index contributed by atoms with van der Waals surface area (Å²) >= 11 is 0. The molecule has 0 aromatic carbocycles. The molecule has 1 aliphatic rings. The summed E-state index contributed by atoms with van der Waals surface area (Å²) in [5.74, 6) is 1.68. The minimum absolute atomic E-state index is 0.212. The predicted molar refractivity (Wildman–Crippen MR) is 69.0 cm³/mol. The Labute approximate surface area is 108 Å². The zero-order valence-corrected chi connectivity index (χ0v) is 11.1. The van der Waals surface area contributed by atoms with Crippen LogP contribution in [-0.4, -0.2) is 30.4 Å². The normalized spacial score (nSPS) is 23.7. The summed E-state index contributed by atoms with van der Waals surface area (Å²) in [6, 6.07) is 1.79. The Hall–Kier alpha value is -1.29. The van der Waals surface area contributed by atoms with Crippen molar-refractivity contribution < 1.29 is 14.6 Å². The van der Waals surface area contributed by atoms with Crippen molar-refractivity contribution in [1.29, 1.82) is 0 Å². The number of methoxy groups -OCH3 is 2. The summed E-state index contributed by atoms with van der Waals surface area (Å²) < 4.78 is 10.6. The van der Waals surface area contributed by atoms with E-state index in [1.807, 2.05) is 0 Å². The standard InChI is InChI=1S/C14H21NO3/c1-17-13-7-8-15-11(14(13)18-2)9-10-5-3-4-6-12(10)16/h7-8,10,12,16H,3-6,9H2,1-2H3. The van der Waals surface area contributed by atoms with E-state index in [1.165, 1.54) is 6.42 Å². The minimum Gasteiger partial charge on any atom is -0.493 e. The van der Waals surface area contributed by atoms with Crippen molar-refractivity contribution in [2.45, 2.75) is 38.2 Å². The highest BCUT2D eigenvalue weighted by molar-refractivity contribution is 5.42. The number of nitrogens with zero attached hydrogens (tertiary/aromatic N) is 1. The fraction of sp³-hybridized carbons (Fsp3) is 0.643. The minimum atomic E-state index is -0.212. The highest BCUT2D eigenvalue weighted by atomic mass is 16.5. The Morgan fingerprint density at radius 2 is 2.06 bits per heavy atom. The van der Waals surface area contributed by atoms with E-state index >= 15 is 0 Å². The Balaban J connectivity index is 2.17. The Morgan fingerprint density at radius 3 is 2.72 bits per heavy atom. The maximum atomic E-state index is 10.0. The molecule has 1 aromatic rings. The van der Waals surface area contributed by atoms with E-state index in [0.29, 0.717) is 11.5 Å². The SMILES string of the molecule is COc1ccnc(CC2CCCCC2O)c1OC. The van der Waals surface area contributed by atoms with Gasteiger partial charge in [0, 0.05) is 12.3 Å². The average molecular weight is 251 g/mol. The molecule has 100 valence electrons. The molecule has 4 heteroatoms. The molecule has 1 heterocycles. The lowest BCUT2D eigenvalue weighted by molar-refractivity contribution is 0.0691. The van der Waals surface area contributed by atoms with E-state index in [-0.39, 0.29) is 12.0 Å². The zero-order valence-electron chi connectivity index (χ0n) is 11.1. The highest BCUT2D eigenvalue weighted by Crippen LogP contribution is 2.34. The summed E-state index contributed by atoms with van der Waals surface area (Å²) in [6.07, 6.45) is 6.54. The lowest BCUT2D eigenvalue weighted by Crippen LogP contribution is -2.26. The van der Waals surface area contributed by atoms with Crippen LogP contribution in [0.1, 0.15) is 31.4 Å². The number of aromatic nitrogens is 1. The third-order valence-electron chi connectivity index (χ3n) is 3.69. The highest BCUT2D eigenvalue weighted by Gasteiger charge is 2.25. The molecule has 18 heavy (non-hydrogen) atoms. The zero-order chi connectivity index (χ0) is 13.0. The summed E-state index contributed by atoms with van der Waals surface area (Å²) in [5.41, 5.74) is 0.878. The van der Waals surface area contributed by atoms with Crippen LogP contribution in [0.2, 0.25) is 0 Å². The number of aliphatic hydroxyl groups is 1. The predicted octanol–water partition coefficient (Wildman–Crippen LogP) is 2.19. The average Bonchev–Trinajstić information content (AvgIpc) is 2.41. The van der Waals surface area contributed by atoms with E-state index in [1.54, 1.807) is 26.5 Å². The smallest absolute Gasteiger partial charge is 0.182 e. The third kappa shape index (κ3) is 2.75. The number of rotatable bonds is 4. The van der Waals surface area contributed by atoms with Crippen molar-refractivity contribution in [3.63, 3.8) is 0 Å². The van der Waals surface area contributed by atoms with Crippen molar-refractivity contribution in [3.05, 3.63) is 18.0 Å². The van der Waals surface area contributed by atoms with Gasteiger partial charge in [-0.05, 0) is 25.2 Å². The second-order valence-corrected chi connectivity index (χ2v) is 4.81. The Kier molecular flexibility index (Phi) is 4.42. The van der Waals surface area contributed by atoms with Gasteiger partial charge >= 0.3 is 0 Å². The van der Waals surface area contributed by atoms with Crippen LogP contribution in [0.3, 0.4) is 0 Å². The second kappa shape index (κ2) is 6.05. The molecule has 0 bridgehead atoms. The Bertz CT molecular complexity index is 395. The molecule has 1 aromatic heterocycles. The van der Waals surface area contributed by atoms with Gasteiger partial charge < -0.3 is 14.6 Å². The van der Waals surface area contributed by atoms with E-state index < -0.39 is 0 Å². The maximum absolute atomic E-state index is 10.0. The van der Waals surface area contributed by atoms with Crippen LogP contribution in [0.25, 0.3) is 0 Å². The first kappa shape index (κ1) is 13.1. The quantitative estimate of drug-likeness (QED) is 0.891. The van der Waals surface area contributed by atoms with Gasteiger partial charge in [0.25, 0.3) is 0 Å². The lowest BCUT2D eigenvalue weighted by atomic mass is 9.83. The summed E-state index contributed by atoms with van der Waals surface area (Å²) in [7, 11) is 3.25. The fourth-order valence-corrected chi connectivity index (χ4v) is 2.67. The molecular formula is C14H21NO3. The summed E-state index contributed by atoms with van der Waals surface area (Å²) in [5, 5.41) is 10.0. The molecule has 0 aliphatic heterocycles. The van der Waals surface area contributed by atoms with Crippen molar-refractivity contribution >= 4 is 0 Å². The topological polar surface area (TPSA) is 51.6 Å². The van der Waals surface area contributed by atoms with Crippen LogP contribution < -0.4 is 9.47 Å². The van der Waals surface area contributed by atoms with E-state index in [9.17, 15) is 5.11 Å². The molecule has 0 saturated heterocycles. The fourth-order valence-electron chi connectivity index (χ4n) is 2.67. The van der Waals surface area contributed by atoms with Crippen molar-refractivity contribution in [2.24, 2.45) is 5.92 Å². The largest absolute Gasteiger partial charge is 0.493 e. The second-order valence-electron chi connectivity index (χ2n) is 4.81. The molecule has 0 radical (unpaired) electrons. The Morgan fingerprint density at radius 1 is 1.28 bits per heavy atom.